The highest BCUT2D eigenvalue weighted by Gasteiger charge is 2.40. The van der Waals surface area contributed by atoms with Gasteiger partial charge in [0.2, 0.25) is 11.9 Å². The van der Waals surface area contributed by atoms with E-state index in [4.69, 9.17) is 0 Å². The molecular weight excluding hydrogens is 330 g/mol. The molecule has 134 valence electrons. The molecule has 0 radical (unpaired) electrons. The fraction of sp³-hybridized carbons (Fsp3) is 0.368. The molecule has 2 heterocycles. The molecule has 2 fully saturated rings. The van der Waals surface area contributed by atoms with Crippen molar-refractivity contribution in [3.8, 4) is 0 Å². The van der Waals surface area contributed by atoms with Gasteiger partial charge in [0.15, 0.2) is 0 Å². The highest BCUT2D eigenvalue weighted by Crippen LogP contribution is 2.36. The van der Waals surface area contributed by atoms with Gasteiger partial charge in [0.25, 0.3) is 5.91 Å². The lowest BCUT2D eigenvalue weighted by atomic mass is 9.94. The monoisotopic (exact) mass is 351 g/mol. The number of piperidine rings is 1. The summed E-state index contributed by atoms with van der Waals surface area (Å²) in [5.41, 5.74) is 1.32. The second-order valence-corrected chi connectivity index (χ2v) is 6.83. The molecule has 1 aromatic heterocycles. The van der Waals surface area contributed by atoms with Crippen LogP contribution < -0.4 is 16.0 Å². The van der Waals surface area contributed by atoms with Crippen LogP contribution in [-0.2, 0) is 4.79 Å². The summed E-state index contributed by atoms with van der Waals surface area (Å²) in [4.78, 5) is 32.6. The zero-order chi connectivity index (χ0) is 17.9. The second kappa shape index (κ2) is 7.11. The lowest BCUT2D eigenvalue weighted by Gasteiger charge is -2.33. The van der Waals surface area contributed by atoms with Crippen molar-refractivity contribution >= 4 is 23.5 Å². The first-order valence-corrected chi connectivity index (χ1v) is 8.93. The number of carbonyl (C=O) groups excluding carboxylic acids is 2. The van der Waals surface area contributed by atoms with Crippen LogP contribution in [0.4, 0.5) is 11.6 Å². The lowest BCUT2D eigenvalue weighted by molar-refractivity contribution is -0.124. The van der Waals surface area contributed by atoms with Crippen molar-refractivity contribution in [2.45, 2.75) is 37.8 Å². The van der Waals surface area contributed by atoms with E-state index in [1.807, 2.05) is 12.1 Å². The molecular formula is C19H21N5O2. The average Bonchev–Trinajstić information content (AvgIpc) is 3.49. The third-order valence-electron chi connectivity index (χ3n) is 4.84. The largest absolute Gasteiger partial charge is 0.351 e. The molecule has 0 bridgehead atoms. The zero-order valence-electron chi connectivity index (χ0n) is 14.3. The van der Waals surface area contributed by atoms with Crippen LogP contribution in [0.15, 0.2) is 42.7 Å². The predicted molar refractivity (Wildman–Crippen MR) is 96.9 cm³/mol. The molecule has 1 aromatic carbocycles. The van der Waals surface area contributed by atoms with E-state index in [0.29, 0.717) is 30.3 Å². The predicted octanol–water partition coefficient (Wildman–Crippen LogP) is 2.01. The summed E-state index contributed by atoms with van der Waals surface area (Å²) >= 11 is 0. The Hall–Kier alpha value is -2.96. The molecule has 1 saturated carbocycles. The molecule has 26 heavy (non-hydrogen) atoms. The summed E-state index contributed by atoms with van der Waals surface area (Å²) in [5, 5.41) is 9.24. The first-order valence-electron chi connectivity index (χ1n) is 8.93. The van der Waals surface area contributed by atoms with Gasteiger partial charge in [0.05, 0.1) is 12.1 Å². The minimum atomic E-state index is -0.130. The minimum Gasteiger partial charge on any atom is -0.351 e. The Morgan fingerprint density at radius 3 is 2.69 bits per heavy atom. The number of nitrogens with zero attached hydrogens (tertiary/aromatic N) is 2. The molecule has 7 heteroatoms. The van der Waals surface area contributed by atoms with Crippen LogP contribution in [0.3, 0.4) is 0 Å². The van der Waals surface area contributed by atoms with Crippen molar-refractivity contribution in [3.05, 3.63) is 48.3 Å². The fourth-order valence-corrected chi connectivity index (χ4v) is 3.37. The van der Waals surface area contributed by atoms with Gasteiger partial charge in [-0.15, -0.1) is 0 Å². The van der Waals surface area contributed by atoms with Crippen LogP contribution >= 0.6 is 0 Å². The van der Waals surface area contributed by atoms with Crippen molar-refractivity contribution in [2.24, 2.45) is 5.92 Å². The van der Waals surface area contributed by atoms with E-state index >= 15 is 0 Å². The number of rotatable bonds is 5. The van der Waals surface area contributed by atoms with Crippen molar-refractivity contribution in [2.75, 3.05) is 5.32 Å². The van der Waals surface area contributed by atoms with Gasteiger partial charge in [-0.3, -0.25) is 9.59 Å². The van der Waals surface area contributed by atoms with Crippen molar-refractivity contribution < 1.29 is 9.59 Å². The maximum atomic E-state index is 12.7. The number of hydrogen-bond donors (Lipinski definition) is 3. The topological polar surface area (TPSA) is 96.0 Å². The summed E-state index contributed by atoms with van der Waals surface area (Å²) in [6.07, 6.45) is 6.69. The molecule has 2 aliphatic rings. The number of benzene rings is 1. The lowest BCUT2D eigenvalue weighted by Crippen LogP contribution is -2.56. The van der Waals surface area contributed by atoms with E-state index in [0.717, 1.165) is 18.5 Å². The number of nitrogens with one attached hydrogen (secondary N) is 3. The maximum Gasteiger partial charge on any atom is 0.251 e. The molecule has 2 amide bonds. The van der Waals surface area contributed by atoms with Gasteiger partial charge in [0.1, 0.15) is 0 Å². The highest BCUT2D eigenvalue weighted by molar-refractivity contribution is 5.95. The van der Waals surface area contributed by atoms with E-state index in [2.05, 4.69) is 25.9 Å². The molecule has 2 aromatic rings. The Morgan fingerprint density at radius 2 is 1.92 bits per heavy atom. The van der Waals surface area contributed by atoms with Gasteiger partial charge in [-0.2, -0.15) is 0 Å². The third kappa shape index (κ3) is 3.82. The molecule has 3 N–H and O–H groups in total. The quantitative estimate of drug-likeness (QED) is 0.766. The van der Waals surface area contributed by atoms with Crippen molar-refractivity contribution in [1.29, 1.82) is 0 Å². The summed E-state index contributed by atoms with van der Waals surface area (Å²) < 4.78 is 0. The second-order valence-electron chi connectivity index (χ2n) is 6.83. The minimum absolute atomic E-state index is 0.0122. The molecule has 0 spiro atoms. The number of aromatic nitrogens is 2. The van der Waals surface area contributed by atoms with Crippen LogP contribution in [0.1, 0.15) is 36.0 Å². The van der Waals surface area contributed by atoms with E-state index < -0.39 is 0 Å². The van der Waals surface area contributed by atoms with E-state index in [9.17, 15) is 9.59 Å². The van der Waals surface area contributed by atoms with Gasteiger partial charge in [-0.1, -0.05) is 6.07 Å². The number of carbonyl (C=O) groups is 2. The van der Waals surface area contributed by atoms with Crippen molar-refractivity contribution in [3.63, 3.8) is 0 Å². The number of hydrogen-bond acceptors (Lipinski definition) is 5. The molecule has 2 atom stereocenters. The summed E-state index contributed by atoms with van der Waals surface area (Å²) in [7, 11) is 0. The first-order chi connectivity index (χ1) is 12.7. The van der Waals surface area contributed by atoms with Gasteiger partial charge >= 0.3 is 0 Å². The smallest absolute Gasteiger partial charge is 0.251 e. The van der Waals surface area contributed by atoms with Crippen molar-refractivity contribution in [1.82, 2.24) is 20.6 Å². The van der Waals surface area contributed by atoms with Gasteiger partial charge < -0.3 is 16.0 Å². The highest BCUT2D eigenvalue weighted by atomic mass is 16.2. The standard InChI is InChI=1S/C19H21N5O2/c25-16-8-7-15(17(24-16)12-5-6-12)23-18(26)13-3-1-4-14(11-13)22-19-20-9-2-10-21-19/h1-4,9-12,15,17H,5-8H2,(H,23,26)(H,24,25)(H,20,21,22)/t15-,17+/m1/s1. The summed E-state index contributed by atoms with van der Waals surface area (Å²) in [6, 6.07) is 9.02. The Morgan fingerprint density at radius 1 is 1.12 bits per heavy atom. The number of amides is 2. The van der Waals surface area contributed by atoms with Gasteiger partial charge in [0, 0.05) is 30.1 Å². The Balaban J connectivity index is 1.44. The molecule has 4 rings (SSSR count). The normalized spacial score (nSPS) is 22.4. The van der Waals surface area contributed by atoms with Crippen LogP contribution in [0.25, 0.3) is 0 Å². The van der Waals surface area contributed by atoms with Crippen LogP contribution in [-0.4, -0.2) is 33.9 Å². The molecule has 1 saturated heterocycles. The van der Waals surface area contributed by atoms with E-state index in [-0.39, 0.29) is 23.9 Å². The zero-order valence-corrected chi connectivity index (χ0v) is 14.3. The van der Waals surface area contributed by atoms with Gasteiger partial charge in [-0.05, 0) is 49.4 Å². The Bertz CT molecular complexity index is 807. The average molecular weight is 351 g/mol. The van der Waals surface area contributed by atoms with Crippen LogP contribution in [0, 0.1) is 5.92 Å². The van der Waals surface area contributed by atoms with E-state index in [1.165, 1.54) is 0 Å². The molecule has 1 aliphatic carbocycles. The fourth-order valence-electron chi connectivity index (χ4n) is 3.37. The molecule has 1 aliphatic heterocycles. The number of anilines is 2. The van der Waals surface area contributed by atoms with Gasteiger partial charge in [-0.25, -0.2) is 9.97 Å². The third-order valence-corrected chi connectivity index (χ3v) is 4.84. The molecule has 0 unspecified atom stereocenters. The van der Waals surface area contributed by atoms with Crippen LogP contribution in [0.5, 0.6) is 0 Å². The van der Waals surface area contributed by atoms with Crippen LogP contribution in [0.2, 0.25) is 0 Å². The first kappa shape index (κ1) is 16.5. The SMILES string of the molecule is O=C1CC[C@@H](NC(=O)c2cccc(Nc3ncccn3)c2)[C@H](C2CC2)N1. The summed E-state index contributed by atoms with van der Waals surface area (Å²) in [5.74, 6) is 0.928. The Labute approximate surface area is 151 Å². The van der Waals surface area contributed by atoms with E-state index in [1.54, 1.807) is 30.6 Å². The maximum absolute atomic E-state index is 12.7. The molecule has 7 nitrogen and oxygen atoms in total. The summed E-state index contributed by atoms with van der Waals surface area (Å²) in [6.45, 7) is 0. The Kier molecular flexibility index (Phi) is 4.51.